The van der Waals surface area contributed by atoms with Crippen molar-refractivity contribution in [2.24, 2.45) is 5.10 Å². The fourth-order valence-corrected chi connectivity index (χ4v) is 3.81. The molecule has 2 saturated heterocycles. The fourth-order valence-electron chi connectivity index (χ4n) is 3.68. The number of piperazine rings is 1. The zero-order valence-electron chi connectivity index (χ0n) is 17.5. The SMILES string of the molecule is CN1CCN(CCCN2C(=O)CN(/N=C/c3ccc(-c4ccc(Cl)cc4)o3)C2=O)CC1. The quantitative estimate of drug-likeness (QED) is 0.486. The molecule has 8 nitrogen and oxygen atoms in total. The minimum Gasteiger partial charge on any atom is -0.455 e. The largest absolute Gasteiger partial charge is 0.455 e. The number of carbonyl (C=O) groups excluding carboxylic acids is 2. The first-order chi connectivity index (χ1) is 15.0. The second-order valence-corrected chi connectivity index (χ2v) is 8.27. The van der Waals surface area contributed by atoms with Gasteiger partial charge in [0, 0.05) is 43.3 Å². The lowest BCUT2D eigenvalue weighted by molar-refractivity contribution is -0.125. The van der Waals surface area contributed by atoms with Crippen molar-refractivity contribution in [2.75, 3.05) is 52.9 Å². The number of imide groups is 1. The van der Waals surface area contributed by atoms with E-state index in [1.165, 1.54) is 16.1 Å². The van der Waals surface area contributed by atoms with Crippen LogP contribution in [0.15, 0.2) is 45.9 Å². The molecular formula is C22H26ClN5O3. The summed E-state index contributed by atoms with van der Waals surface area (Å²) in [5.41, 5.74) is 0.892. The van der Waals surface area contributed by atoms with Crippen LogP contribution in [0.3, 0.4) is 0 Å². The predicted molar refractivity (Wildman–Crippen MR) is 119 cm³/mol. The van der Waals surface area contributed by atoms with Crippen LogP contribution in [-0.4, -0.2) is 90.7 Å². The predicted octanol–water partition coefficient (Wildman–Crippen LogP) is 2.84. The van der Waals surface area contributed by atoms with Gasteiger partial charge >= 0.3 is 6.03 Å². The van der Waals surface area contributed by atoms with Gasteiger partial charge in [-0.15, -0.1) is 0 Å². The third-order valence-corrected chi connectivity index (χ3v) is 5.82. The highest BCUT2D eigenvalue weighted by Crippen LogP contribution is 2.23. The molecule has 0 spiro atoms. The van der Waals surface area contributed by atoms with Crippen LogP contribution in [0.1, 0.15) is 12.2 Å². The van der Waals surface area contributed by atoms with Gasteiger partial charge in [-0.25, -0.2) is 9.80 Å². The van der Waals surface area contributed by atoms with Crippen LogP contribution in [-0.2, 0) is 4.79 Å². The molecule has 2 aromatic rings. The molecule has 0 bridgehead atoms. The molecular weight excluding hydrogens is 418 g/mol. The van der Waals surface area contributed by atoms with Crippen molar-refractivity contribution in [1.82, 2.24) is 19.7 Å². The van der Waals surface area contributed by atoms with E-state index in [0.717, 1.165) is 44.7 Å². The number of hydrazone groups is 1. The molecule has 0 saturated carbocycles. The number of amides is 3. The molecule has 0 unspecified atom stereocenters. The van der Waals surface area contributed by atoms with Crippen LogP contribution >= 0.6 is 11.6 Å². The van der Waals surface area contributed by atoms with Gasteiger partial charge in [0.1, 0.15) is 18.1 Å². The van der Waals surface area contributed by atoms with Crippen molar-refractivity contribution in [1.29, 1.82) is 0 Å². The Labute approximate surface area is 186 Å². The summed E-state index contributed by atoms with van der Waals surface area (Å²) in [6.45, 7) is 5.40. The highest BCUT2D eigenvalue weighted by Gasteiger charge is 2.35. The number of benzene rings is 1. The summed E-state index contributed by atoms with van der Waals surface area (Å²) >= 11 is 5.92. The number of hydrogen-bond acceptors (Lipinski definition) is 6. The monoisotopic (exact) mass is 443 g/mol. The number of furan rings is 1. The Hall–Kier alpha value is -2.68. The van der Waals surface area contributed by atoms with Crippen LogP contribution in [0.2, 0.25) is 5.02 Å². The van der Waals surface area contributed by atoms with Crippen molar-refractivity contribution < 1.29 is 14.0 Å². The van der Waals surface area contributed by atoms with E-state index < -0.39 is 0 Å². The van der Waals surface area contributed by atoms with Crippen LogP contribution < -0.4 is 0 Å². The number of rotatable bonds is 7. The highest BCUT2D eigenvalue weighted by molar-refractivity contribution is 6.30. The summed E-state index contributed by atoms with van der Waals surface area (Å²) < 4.78 is 5.76. The van der Waals surface area contributed by atoms with Crippen molar-refractivity contribution in [3.8, 4) is 11.3 Å². The van der Waals surface area contributed by atoms with Gasteiger partial charge in [-0.2, -0.15) is 5.10 Å². The number of likely N-dealkylation sites (N-methyl/N-ethyl adjacent to an activating group) is 1. The fraction of sp³-hybridized carbons (Fsp3) is 0.409. The first kappa shape index (κ1) is 21.5. The first-order valence-electron chi connectivity index (χ1n) is 10.4. The highest BCUT2D eigenvalue weighted by atomic mass is 35.5. The van der Waals surface area contributed by atoms with Gasteiger partial charge in [-0.3, -0.25) is 9.69 Å². The minimum absolute atomic E-state index is 0.0470. The summed E-state index contributed by atoms with van der Waals surface area (Å²) in [6, 6.07) is 10.5. The molecule has 164 valence electrons. The maximum Gasteiger partial charge on any atom is 0.347 e. The van der Waals surface area contributed by atoms with Gasteiger partial charge in [0.2, 0.25) is 0 Å². The average molecular weight is 444 g/mol. The van der Waals surface area contributed by atoms with Gasteiger partial charge in [0.25, 0.3) is 5.91 Å². The number of nitrogens with zero attached hydrogens (tertiary/aromatic N) is 5. The van der Waals surface area contributed by atoms with E-state index in [0.29, 0.717) is 23.1 Å². The van der Waals surface area contributed by atoms with E-state index >= 15 is 0 Å². The third kappa shape index (κ3) is 5.33. The van der Waals surface area contributed by atoms with E-state index in [1.54, 1.807) is 18.2 Å². The molecule has 3 heterocycles. The molecule has 9 heteroatoms. The molecule has 1 aromatic carbocycles. The molecule has 0 aliphatic carbocycles. The zero-order valence-corrected chi connectivity index (χ0v) is 18.3. The molecule has 2 aliphatic heterocycles. The zero-order chi connectivity index (χ0) is 21.8. The molecule has 1 aromatic heterocycles. The van der Waals surface area contributed by atoms with Crippen LogP contribution in [0.25, 0.3) is 11.3 Å². The lowest BCUT2D eigenvalue weighted by Gasteiger charge is -2.32. The van der Waals surface area contributed by atoms with Crippen molar-refractivity contribution in [3.63, 3.8) is 0 Å². The van der Waals surface area contributed by atoms with Crippen molar-refractivity contribution >= 4 is 29.8 Å². The molecule has 0 N–H and O–H groups in total. The normalized spacial score (nSPS) is 18.6. The second kappa shape index (κ2) is 9.64. The molecule has 2 aliphatic rings. The van der Waals surface area contributed by atoms with Crippen molar-refractivity contribution in [3.05, 3.63) is 47.2 Å². The van der Waals surface area contributed by atoms with E-state index in [9.17, 15) is 9.59 Å². The van der Waals surface area contributed by atoms with Crippen molar-refractivity contribution in [2.45, 2.75) is 6.42 Å². The summed E-state index contributed by atoms with van der Waals surface area (Å²) in [7, 11) is 2.12. The standard InChI is InChI=1S/C22H26ClN5O3/c1-25-11-13-26(14-12-25)9-2-10-27-21(29)16-28(22(27)30)24-15-19-7-8-20(31-19)17-3-5-18(23)6-4-17/h3-8,15H,2,9-14,16H2,1H3/b24-15+. The lowest BCUT2D eigenvalue weighted by atomic mass is 10.2. The van der Waals surface area contributed by atoms with E-state index in [2.05, 4.69) is 21.9 Å². The Morgan fingerprint density at radius 2 is 1.77 bits per heavy atom. The molecule has 4 rings (SSSR count). The van der Waals surface area contributed by atoms with Gasteiger partial charge < -0.3 is 14.2 Å². The molecule has 0 atom stereocenters. The third-order valence-electron chi connectivity index (χ3n) is 5.57. The number of carbonyl (C=O) groups is 2. The molecule has 31 heavy (non-hydrogen) atoms. The summed E-state index contributed by atoms with van der Waals surface area (Å²) in [6.07, 6.45) is 2.22. The Morgan fingerprint density at radius 3 is 2.52 bits per heavy atom. The minimum atomic E-state index is -0.385. The molecule has 3 amide bonds. The van der Waals surface area contributed by atoms with Crippen LogP contribution in [0, 0.1) is 0 Å². The molecule has 2 fully saturated rings. The maximum absolute atomic E-state index is 12.6. The average Bonchev–Trinajstić information content (AvgIpc) is 3.34. The Balaban J connectivity index is 1.29. The summed E-state index contributed by atoms with van der Waals surface area (Å²) in [5, 5.41) is 6.01. The summed E-state index contributed by atoms with van der Waals surface area (Å²) in [4.78, 5) is 30.8. The molecule has 0 radical (unpaired) electrons. The Morgan fingerprint density at radius 1 is 1.03 bits per heavy atom. The topological polar surface area (TPSA) is 72.6 Å². The van der Waals surface area contributed by atoms with Gasteiger partial charge in [0.15, 0.2) is 0 Å². The van der Waals surface area contributed by atoms with Crippen LogP contribution in [0.4, 0.5) is 4.79 Å². The van der Waals surface area contributed by atoms with Gasteiger partial charge in [-0.1, -0.05) is 11.6 Å². The maximum atomic E-state index is 12.6. The second-order valence-electron chi connectivity index (χ2n) is 7.84. The number of hydrogen-bond donors (Lipinski definition) is 0. The first-order valence-corrected chi connectivity index (χ1v) is 10.8. The Bertz CT molecular complexity index is 950. The van der Waals surface area contributed by atoms with E-state index in [1.807, 2.05) is 18.2 Å². The van der Waals surface area contributed by atoms with E-state index in [4.69, 9.17) is 16.0 Å². The smallest absolute Gasteiger partial charge is 0.347 e. The summed E-state index contributed by atoms with van der Waals surface area (Å²) in [5.74, 6) is 0.952. The number of urea groups is 1. The van der Waals surface area contributed by atoms with Crippen LogP contribution in [0.5, 0.6) is 0 Å². The number of halogens is 1. The van der Waals surface area contributed by atoms with Gasteiger partial charge in [0.05, 0.1) is 6.21 Å². The van der Waals surface area contributed by atoms with E-state index in [-0.39, 0.29) is 18.5 Å². The van der Waals surface area contributed by atoms with Gasteiger partial charge in [-0.05, 0) is 56.4 Å². The Kier molecular flexibility index (Phi) is 6.70. The lowest BCUT2D eigenvalue weighted by Crippen LogP contribution is -2.45.